The van der Waals surface area contributed by atoms with Gasteiger partial charge in [-0.2, -0.15) is 0 Å². The van der Waals surface area contributed by atoms with Gasteiger partial charge in [-0.1, -0.05) is 0 Å². The number of carbonyl (C=O) groups excluding carboxylic acids is 2. The number of benzene rings is 1. The largest absolute Gasteiger partial charge is 0.339 e. The average molecular weight is 346 g/mol. The van der Waals surface area contributed by atoms with E-state index in [2.05, 4.69) is 15.3 Å². The summed E-state index contributed by atoms with van der Waals surface area (Å²) in [6.45, 7) is 0.646. The van der Waals surface area contributed by atoms with E-state index in [0.29, 0.717) is 32.0 Å². The highest BCUT2D eigenvalue weighted by atomic mass is 19.1. The second kappa shape index (κ2) is 7.33. The van der Waals surface area contributed by atoms with Crippen LogP contribution in [0, 0.1) is 17.6 Å². The lowest BCUT2D eigenvalue weighted by Crippen LogP contribution is -2.41. The van der Waals surface area contributed by atoms with E-state index >= 15 is 0 Å². The van der Waals surface area contributed by atoms with Crippen molar-refractivity contribution in [3.63, 3.8) is 0 Å². The van der Waals surface area contributed by atoms with E-state index < -0.39 is 17.5 Å². The molecule has 0 spiro atoms. The molecule has 1 aliphatic rings. The molecule has 0 radical (unpaired) electrons. The maximum Gasteiger partial charge on any atom is 0.256 e. The molecule has 0 atom stereocenters. The van der Waals surface area contributed by atoms with Gasteiger partial charge in [0.1, 0.15) is 11.6 Å². The third-order valence-corrected chi connectivity index (χ3v) is 4.12. The van der Waals surface area contributed by atoms with Crippen molar-refractivity contribution in [2.24, 2.45) is 5.92 Å². The molecule has 3 rings (SSSR count). The normalized spacial score (nSPS) is 15.0. The molecule has 6 nitrogen and oxygen atoms in total. The summed E-state index contributed by atoms with van der Waals surface area (Å²) in [6.07, 6.45) is 3.96. The van der Waals surface area contributed by atoms with E-state index in [4.69, 9.17) is 0 Å². The standard InChI is InChI=1S/C17H16F2N4O2/c18-12-2-3-13(14(19)10-12)16(25)23-8-4-11(5-9-23)15(24)22-17-20-6-1-7-21-17/h1-3,6-7,10-11H,4-5,8-9H2,(H,20,21,22,24). The zero-order valence-corrected chi connectivity index (χ0v) is 13.3. The number of anilines is 1. The number of halogens is 2. The van der Waals surface area contributed by atoms with Crippen molar-refractivity contribution >= 4 is 17.8 Å². The topological polar surface area (TPSA) is 75.2 Å². The van der Waals surface area contributed by atoms with E-state index in [1.165, 1.54) is 17.3 Å². The molecule has 1 saturated heterocycles. The summed E-state index contributed by atoms with van der Waals surface area (Å²) in [5, 5.41) is 2.64. The number of nitrogens with one attached hydrogen (secondary N) is 1. The number of likely N-dealkylation sites (tertiary alicyclic amines) is 1. The number of amides is 2. The van der Waals surface area contributed by atoms with Crippen LogP contribution < -0.4 is 5.32 Å². The van der Waals surface area contributed by atoms with Gasteiger partial charge >= 0.3 is 0 Å². The minimum Gasteiger partial charge on any atom is -0.339 e. The van der Waals surface area contributed by atoms with Crippen LogP contribution in [0.4, 0.5) is 14.7 Å². The number of rotatable bonds is 3. The second-order valence-corrected chi connectivity index (χ2v) is 5.75. The molecule has 1 aliphatic heterocycles. The Balaban J connectivity index is 1.58. The fraction of sp³-hybridized carbons (Fsp3) is 0.294. The smallest absolute Gasteiger partial charge is 0.256 e. The Bertz CT molecular complexity index is 777. The number of piperidine rings is 1. The molecule has 2 heterocycles. The van der Waals surface area contributed by atoms with Crippen LogP contribution in [-0.2, 0) is 4.79 Å². The Morgan fingerprint density at radius 1 is 1.12 bits per heavy atom. The van der Waals surface area contributed by atoms with Crippen LogP contribution in [0.5, 0.6) is 0 Å². The van der Waals surface area contributed by atoms with Crippen LogP contribution in [0.15, 0.2) is 36.7 Å². The van der Waals surface area contributed by atoms with Gasteiger partial charge < -0.3 is 4.90 Å². The van der Waals surface area contributed by atoms with Crippen LogP contribution in [0.3, 0.4) is 0 Å². The molecule has 8 heteroatoms. The van der Waals surface area contributed by atoms with Crippen molar-refractivity contribution in [2.45, 2.75) is 12.8 Å². The van der Waals surface area contributed by atoms with Crippen molar-refractivity contribution in [1.82, 2.24) is 14.9 Å². The third kappa shape index (κ3) is 3.96. The maximum atomic E-state index is 13.7. The van der Waals surface area contributed by atoms with E-state index in [-0.39, 0.29) is 23.3 Å². The van der Waals surface area contributed by atoms with E-state index in [9.17, 15) is 18.4 Å². The van der Waals surface area contributed by atoms with Crippen LogP contribution in [0.25, 0.3) is 0 Å². The Labute approximate surface area is 142 Å². The summed E-state index contributed by atoms with van der Waals surface area (Å²) in [5.41, 5.74) is -0.165. The zero-order chi connectivity index (χ0) is 17.8. The van der Waals surface area contributed by atoms with Crippen molar-refractivity contribution in [1.29, 1.82) is 0 Å². The van der Waals surface area contributed by atoms with Crippen molar-refractivity contribution in [3.8, 4) is 0 Å². The first-order valence-corrected chi connectivity index (χ1v) is 7.87. The molecule has 25 heavy (non-hydrogen) atoms. The number of nitrogens with zero attached hydrogens (tertiary/aromatic N) is 3. The molecule has 1 aromatic heterocycles. The van der Waals surface area contributed by atoms with Crippen molar-refractivity contribution < 1.29 is 18.4 Å². The van der Waals surface area contributed by atoms with Gasteiger partial charge in [-0.15, -0.1) is 0 Å². The number of hydrogen-bond acceptors (Lipinski definition) is 4. The molecule has 1 aromatic carbocycles. The van der Waals surface area contributed by atoms with Gasteiger partial charge in [-0.25, -0.2) is 18.7 Å². The first-order valence-electron chi connectivity index (χ1n) is 7.87. The maximum absolute atomic E-state index is 13.7. The monoisotopic (exact) mass is 346 g/mol. The molecule has 0 bridgehead atoms. The lowest BCUT2D eigenvalue weighted by Gasteiger charge is -2.31. The summed E-state index contributed by atoms with van der Waals surface area (Å²) in [7, 11) is 0. The number of carbonyl (C=O) groups is 2. The van der Waals surface area contributed by atoms with Crippen molar-refractivity contribution in [3.05, 3.63) is 53.9 Å². The SMILES string of the molecule is O=C(Nc1ncccn1)C1CCN(C(=O)c2ccc(F)cc2F)CC1. The average Bonchev–Trinajstić information content (AvgIpc) is 2.62. The summed E-state index contributed by atoms with van der Waals surface area (Å²) < 4.78 is 26.7. The fourth-order valence-corrected chi connectivity index (χ4v) is 2.75. The van der Waals surface area contributed by atoms with Crippen LogP contribution in [-0.4, -0.2) is 39.8 Å². The highest BCUT2D eigenvalue weighted by molar-refractivity contribution is 5.95. The lowest BCUT2D eigenvalue weighted by atomic mass is 9.95. The summed E-state index contributed by atoms with van der Waals surface area (Å²) in [6, 6.07) is 4.52. The molecule has 1 N–H and O–H groups in total. The molecule has 0 aliphatic carbocycles. The molecule has 130 valence electrons. The van der Waals surface area contributed by atoms with Gasteiger partial charge in [0.2, 0.25) is 11.9 Å². The predicted octanol–water partition coefficient (Wildman–Crippen LogP) is 2.25. The lowest BCUT2D eigenvalue weighted by molar-refractivity contribution is -0.121. The molecule has 0 saturated carbocycles. The molecule has 2 aromatic rings. The highest BCUT2D eigenvalue weighted by Crippen LogP contribution is 2.21. The minimum atomic E-state index is -0.883. The van der Waals surface area contributed by atoms with E-state index in [0.717, 1.165) is 12.1 Å². The van der Waals surface area contributed by atoms with Crippen LogP contribution in [0.1, 0.15) is 23.2 Å². The first kappa shape index (κ1) is 16.9. The molecular formula is C17H16F2N4O2. The van der Waals surface area contributed by atoms with E-state index in [1.54, 1.807) is 6.07 Å². The van der Waals surface area contributed by atoms with Gasteiger partial charge in [0.05, 0.1) is 5.56 Å². The highest BCUT2D eigenvalue weighted by Gasteiger charge is 2.29. The Morgan fingerprint density at radius 3 is 2.44 bits per heavy atom. The Kier molecular flexibility index (Phi) is 4.97. The quantitative estimate of drug-likeness (QED) is 0.925. The first-order chi connectivity index (χ1) is 12.0. The minimum absolute atomic E-state index is 0.165. The number of hydrogen-bond donors (Lipinski definition) is 1. The van der Waals surface area contributed by atoms with E-state index in [1.807, 2.05) is 0 Å². The Hall–Kier alpha value is -2.90. The molecule has 0 unspecified atom stereocenters. The molecular weight excluding hydrogens is 330 g/mol. The molecule has 2 amide bonds. The van der Waals surface area contributed by atoms with Crippen LogP contribution in [0.2, 0.25) is 0 Å². The summed E-state index contributed by atoms with van der Waals surface area (Å²) in [4.78, 5) is 33.9. The predicted molar refractivity (Wildman–Crippen MR) is 85.6 cm³/mol. The number of aromatic nitrogens is 2. The summed E-state index contributed by atoms with van der Waals surface area (Å²) in [5.74, 6) is -2.35. The fourth-order valence-electron chi connectivity index (χ4n) is 2.75. The van der Waals surface area contributed by atoms with Gasteiger partial charge in [0.25, 0.3) is 5.91 Å². The van der Waals surface area contributed by atoms with Crippen LogP contribution >= 0.6 is 0 Å². The second-order valence-electron chi connectivity index (χ2n) is 5.75. The Morgan fingerprint density at radius 2 is 1.80 bits per heavy atom. The van der Waals surface area contributed by atoms with Gasteiger partial charge in [0, 0.05) is 37.5 Å². The molecule has 1 fully saturated rings. The van der Waals surface area contributed by atoms with Gasteiger partial charge in [-0.05, 0) is 31.0 Å². The zero-order valence-electron chi connectivity index (χ0n) is 13.3. The van der Waals surface area contributed by atoms with Crippen molar-refractivity contribution in [2.75, 3.05) is 18.4 Å². The van der Waals surface area contributed by atoms with Gasteiger partial charge in [0.15, 0.2) is 0 Å². The van der Waals surface area contributed by atoms with Gasteiger partial charge in [-0.3, -0.25) is 14.9 Å². The third-order valence-electron chi connectivity index (χ3n) is 4.12. The summed E-state index contributed by atoms with van der Waals surface area (Å²) >= 11 is 0.